The summed E-state index contributed by atoms with van der Waals surface area (Å²) in [5.74, 6) is 0.120. The molecule has 1 aliphatic carbocycles. The van der Waals surface area contributed by atoms with E-state index in [9.17, 15) is 4.79 Å². The molecule has 0 aromatic rings. The van der Waals surface area contributed by atoms with Gasteiger partial charge in [-0.25, -0.2) is 0 Å². The van der Waals surface area contributed by atoms with Crippen LogP contribution < -0.4 is 11.1 Å². The van der Waals surface area contributed by atoms with E-state index in [1.807, 2.05) is 0 Å². The van der Waals surface area contributed by atoms with Gasteiger partial charge in [0, 0.05) is 19.6 Å². The summed E-state index contributed by atoms with van der Waals surface area (Å²) in [7, 11) is 0. The second-order valence-electron chi connectivity index (χ2n) is 5.05. The summed E-state index contributed by atoms with van der Waals surface area (Å²) in [4.78, 5) is 11.7. The second kappa shape index (κ2) is 7.67. The Labute approximate surface area is 104 Å². The van der Waals surface area contributed by atoms with Gasteiger partial charge in [0.15, 0.2) is 0 Å². The molecule has 17 heavy (non-hydrogen) atoms. The highest BCUT2D eigenvalue weighted by Gasteiger charge is 2.37. The summed E-state index contributed by atoms with van der Waals surface area (Å²) in [5.41, 5.74) is 5.83. The van der Waals surface area contributed by atoms with Gasteiger partial charge in [-0.05, 0) is 31.2 Å². The van der Waals surface area contributed by atoms with Crippen molar-refractivity contribution in [3.8, 4) is 0 Å². The molecule has 1 amide bonds. The minimum Gasteiger partial charge on any atom is -0.380 e. The lowest BCUT2D eigenvalue weighted by molar-refractivity contribution is -0.124. The zero-order chi connectivity index (χ0) is 12.6. The number of hydrogen-bond donors (Lipinski definition) is 2. The standard InChI is InChI=1S/C13H26N2O2/c1-2-3-8-17-9-7-15-12(16)10-13(11-14)5-4-6-13/h2-11,14H2,1H3,(H,15,16). The molecule has 4 nitrogen and oxygen atoms in total. The number of ether oxygens (including phenoxy) is 1. The topological polar surface area (TPSA) is 64.3 Å². The van der Waals surface area contributed by atoms with Gasteiger partial charge >= 0.3 is 0 Å². The average molecular weight is 242 g/mol. The Hall–Kier alpha value is -0.610. The molecule has 0 atom stereocenters. The van der Waals surface area contributed by atoms with Crippen LogP contribution in [-0.2, 0) is 9.53 Å². The van der Waals surface area contributed by atoms with Crippen LogP contribution in [0.1, 0.15) is 45.4 Å². The summed E-state index contributed by atoms with van der Waals surface area (Å²) in [6.07, 6.45) is 6.23. The van der Waals surface area contributed by atoms with E-state index >= 15 is 0 Å². The monoisotopic (exact) mass is 242 g/mol. The third kappa shape index (κ3) is 5.04. The smallest absolute Gasteiger partial charge is 0.220 e. The van der Waals surface area contributed by atoms with Crippen molar-refractivity contribution < 1.29 is 9.53 Å². The first-order valence-corrected chi connectivity index (χ1v) is 6.77. The average Bonchev–Trinajstić information content (AvgIpc) is 2.28. The van der Waals surface area contributed by atoms with Crippen molar-refractivity contribution in [1.82, 2.24) is 5.32 Å². The van der Waals surface area contributed by atoms with Crippen LogP contribution in [0.3, 0.4) is 0 Å². The maximum absolute atomic E-state index is 11.7. The number of amides is 1. The van der Waals surface area contributed by atoms with Crippen molar-refractivity contribution in [2.45, 2.75) is 45.4 Å². The van der Waals surface area contributed by atoms with Crippen molar-refractivity contribution in [2.24, 2.45) is 11.1 Å². The van der Waals surface area contributed by atoms with E-state index in [4.69, 9.17) is 10.5 Å². The van der Waals surface area contributed by atoms with Crippen molar-refractivity contribution >= 4 is 5.91 Å². The van der Waals surface area contributed by atoms with Gasteiger partial charge in [-0.15, -0.1) is 0 Å². The van der Waals surface area contributed by atoms with Crippen molar-refractivity contribution in [2.75, 3.05) is 26.3 Å². The van der Waals surface area contributed by atoms with Crippen LogP contribution >= 0.6 is 0 Å². The molecule has 0 aliphatic heterocycles. The highest BCUT2D eigenvalue weighted by molar-refractivity contribution is 5.76. The Morgan fingerprint density at radius 2 is 2.18 bits per heavy atom. The van der Waals surface area contributed by atoms with Gasteiger partial charge in [0.05, 0.1) is 6.61 Å². The summed E-state index contributed by atoms with van der Waals surface area (Å²) in [6, 6.07) is 0. The molecule has 100 valence electrons. The molecule has 0 spiro atoms. The van der Waals surface area contributed by atoms with Gasteiger partial charge in [-0.3, -0.25) is 4.79 Å². The molecule has 0 heterocycles. The molecule has 1 rings (SSSR count). The largest absolute Gasteiger partial charge is 0.380 e. The maximum atomic E-state index is 11.7. The molecule has 3 N–H and O–H groups in total. The first-order valence-electron chi connectivity index (χ1n) is 6.77. The molecular formula is C13H26N2O2. The lowest BCUT2D eigenvalue weighted by Crippen LogP contribution is -2.42. The lowest BCUT2D eigenvalue weighted by Gasteiger charge is -2.40. The van der Waals surface area contributed by atoms with Crippen LogP contribution in [0, 0.1) is 5.41 Å². The van der Waals surface area contributed by atoms with E-state index in [-0.39, 0.29) is 11.3 Å². The van der Waals surface area contributed by atoms with Gasteiger partial charge < -0.3 is 15.8 Å². The van der Waals surface area contributed by atoms with E-state index in [0.29, 0.717) is 26.1 Å². The fraction of sp³-hybridized carbons (Fsp3) is 0.923. The van der Waals surface area contributed by atoms with E-state index < -0.39 is 0 Å². The van der Waals surface area contributed by atoms with Crippen molar-refractivity contribution in [3.63, 3.8) is 0 Å². The van der Waals surface area contributed by atoms with Crippen LogP contribution in [0.25, 0.3) is 0 Å². The molecule has 0 aromatic carbocycles. The summed E-state index contributed by atoms with van der Waals surface area (Å²) < 4.78 is 5.38. The minimum atomic E-state index is 0.104. The number of carbonyl (C=O) groups is 1. The number of unbranched alkanes of at least 4 members (excludes halogenated alkanes) is 1. The Morgan fingerprint density at radius 3 is 2.71 bits per heavy atom. The number of carbonyl (C=O) groups excluding carboxylic acids is 1. The molecule has 0 bridgehead atoms. The quantitative estimate of drug-likeness (QED) is 0.601. The number of hydrogen-bond acceptors (Lipinski definition) is 3. The first kappa shape index (κ1) is 14.5. The van der Waals surface area contributed by atoms with Crippen LogP contribution in [0.2, 0.25) is 0 Å². The minimum absolute atomic E-state index is 0.104. The van der Waals surface area contributed by atoms with Crippen LogP contribution in [0.4, 0.5) is 0 Å². The van der Waals surface area contributed by atoms with E-state index in [1.54, 1.807) is 0 Å². The third-order valence-corrected chi connectivity index (χ3v) is 3.59. The van der Waals surface area contributed by atoms with Crippen LogP contribution in [-0.4, -0.2) is 32.2 Å². The summed E-state index contributed by atoms with van der Waals surface area (Å²) in [5, 5.41) is 2.90. The van der Waals surface area contributed by atoms with E-state index in [2.05, 4.69) is 12.2 Å². The van der Waals surface area contributed by atoms with Crippen LogP contribution in [0.15, 0.2) is 0 Å². The maximum Gasteiger partial charge on any atom is 0.220 e. The highest BCUT2D eigenvalue weighted by atomic mass is 16.5. The fourth-order valence-electron chi connectivity index (χ4n) is 2.14. The summed E-state index contributed by atoms with van der Waals surface area (Å²) in [6.45, 7) is 4.78. The normalized spacial score (nSPS) is 17.5. The molecule has 0 radical (unpaired) electrons. The Kier molecular flexibility index (Phi) is 6.52. The molecular weight excluding hydrogens is 216 g/mol. The Morgan fingerprint density at radius 1 is 1.41 bits per heavy atom. The van der Waals surface area contributed by atoms with Gasteiger partial charge in [0.2, 0.25) is 5.91 Å². The molecule has 0 aromatic heterocycles. The molecule has 1 aliphatic rings. The van der Waals surface area contributed by atoms with Crippen LogP contribution in [0.5, 0.6) is 0 Å². The molecule has 0 saturated heterocycles. The number of rotatable bonds is 9. The molecule has 1 fully saturated rings. The Balaban J connectivity index is 2.01. The first-order chi connectivity index (χ1) is 8.22. The second-order valence-corrected chi connectivity index (χ2v) is 5.05. The van der Waals surface area contributed by atoms with Gasteiger partial charge in [-0.1, -0.05) is 19.8 Å². The third-order valence-electron chi connectivity index (χ3n) is 3.59. The van der Waals surface area contributed by atoms with Gasteiger partial charge in [-0.2, -0.15) is 0 Å². The van der Waals surface area contributed by atoms with Crippen molar-refractivity contribution in [1.29, 1.82) is 0 Å². The predicted molar refractivity (Wildman–Crippen MR) is 68.7 cm³/mol. The van der Waals surface area contributed by atoms with Gasteiger partial charge in [0.1, 0.15) is 0 Å². The fourth-order valence-corrected chi connectivity index (χ4v) is 2.14. The molecule has 1 saturated carbocycles. The Bertz CT molecular complexity index is 222. The highest BCUT2D eigenvalue weighted by Crippen LogP contribution is 2.42. The lowest BCUT2D eigenvalue weighted by atomic mass is 9.66. The van der Waals surface area contributed by atoms with Crippen molar-refractivity contribution in [3.05, 3.63) is 0 Å². The number of nitrogens with two attached hydrogens (primary N) is 1. The molecule has 0 unspecified atom stereocenters. The zero-order valence-electron chi connectivity index (χ0n) is 11.0. The van der Waals surface area contributed by atoms with E-state index in [0.717, 1.165) is 32.3 Å². The SMILES string of the molecule is CCCCOCCNC(=O)CC1(CN)CCC1. The number of nitrogens with one attached hydrogen (secondary N) is 1. The summed E-state index contributed by atoms with van der Waals surface area (Å²) >= 11 is 0. The van der Waals surface area contributed by atoms with E-state index in [1.165, 1.54) is 6.42 Å². The molecule has 4 heteroatoms. The predicted octanol–water partition coefficient (Wildman–Crippen LogP) is 1.44. The van der Waals surface area contributed by atoms with Gasteiger partial charge in [0.25, 0.3) is 0 Å². The zero-order valence-corrected chi connectivity index (χ0v) is 11.0.